The van der Waals surface area contributed by atoms with Crippen LogP contribution in [0, 0.1) is 0 Å². The summed E-state index contributed by atoms with van der Waals surface area (Å²) in [6, 6.07) is 7.22. The second-order valence-corrected chi connectivity index (χ2v) is 4.32. The normalized spacial score (nSPS) is 11.4. The first-order chi connectivity index (χ1) is 9.63. The zero-order valence-electron chi connectivity index (χ0n) is 11.7. The second-order valence-electron chi connectivity index (χ2n) is 4.32. The number of hydrogen-bond acceptors (Lipinski definition) is 5. The van der Waals surface area contributed by atoms with Gasteiger partial charge in [0.15, 0.2) is 0 Å². The molecule has 0 saturated carbocycles. The third-order valence-electron chi connectivity index (χ3n) is 2.87. The van der Waals surface area contributed by atoms with Gasteiger partial charge in [0.2, 0.25) is 0 Å². The van der Waals surface area contributed by atoms with E-state index in [-0.39, 0.29) is 0 Å². The fourth-order valence-electron chi connectivity index (χ4n) is 1.79. The summed E-state index contributed by atoms with van der Waals surface area (Å²) < 4.78 is 12.6. The maximum Gasteiger partial charge on any atom is 0.132 e. The number of aryl methyl sites for hydroxylation is 1. The fraction of sp³-hybridized carbons (Fsp3) is 0.286. The largest absolute Gasteiger partial charge is 0.497 e. The van der Waals surface area contributed by atoms with Crippen LogP contribution in [0.4, 0.5) is 0 Å². The molecule has 0 amide bonds. The van der Waals surface area contributed by atoms with Gasteiger partial charge in [0.1, 0.15) is 18.1 Å². The van der Waals surface area contributed by atoms with Gasteiger partial charge in [0, 0.05) is 24.9 Å². The summed E-state index contributed by atoms with van der Waals surface area (Å²) in [5, 5.41) is 16.4. The van der Waals surface area contributed by atoms with Crippen LogP contribution in [0.1, 0.15) is 18.2 Å². The first kappa shape index (κ1) is 13.9. The van der Waals surface area contributed by atoms with E-state index in [1.165, 1.54) is 0 Å². The Balaban J connectivity index is 2.23. The summed E-state index contributed by atoms with van der Waals surface area (Å²) in [7, 11) is 3.44. The summed E-state index contributed by atoms with van der Waals surface area (Å²) in [6.45, 7) is 2.04. The number of hydrogen-bond donors (Lipinski definition) is 1. The molecule has 0 radical (unpaired) electrons. The lowest BCUT2D eigenvalue weighted by Gasteiger charge is -2.11. The van der Waals surface area contributed by atoms with Crippen LogP contribution in [0.5, 0.6) is 11.5 Å². The van der Waals surface area contributed by atoms with Gasteiger partial charge in [0.25, 0.3) is 0 Å². The third kappa shape index (κ3) is 3.09. The summed E-state index contributed by atoms with van der Waals surface area (Å²) in [5.41, 5.74) is 2.01. The number of ether oxygens (including phenoxy) is 2. The molecule has 1 N–H and O–H groups in total. The van der Waals surface area contributed by atoms with Crippen LogP contribution in [-0.2, 0) is 13.7 Å². The number of benzene rings is 1. The zero-order chi connectivity index (χ0) is 14.5. The summed E-state index contributed by atoms with van der Waals surface area (Å²) in [5.74, 6) is 1.26. The summed E-state index contributed by atoms with van der Waals surface area (Å²) >= 11 is 0. The summed E-state index contributed by atoms with van der Waals surface area (Å²) in [6.07, 6.45) is 1.85. The van der Waals surface area contributed by atoms with E-state index in [0.29, 0.717) is 29.4 Å². The molecule has 2 aromatic rings. The standard InChI is InChI=1S/C14H17N3O3/c1-10(16-18)13-5-4-12(19-3)8-14(13)20-9-11-6-7-17(2)15-11/h4-8,18H,9H2,1-3H3/b16-10+. The lowest BCUT2D eigenvalue weighted by Crippen LogP contribution is -2.04. The molecule has 106 valence electrons. The van der Waals surface area contributed by atoms with Gasteiger partial charge in [-0.3, -0.25) is 4.68 Å². The number of methoxy groups -OCH3 is 1. The lowest BCUT2D eigenvalue weighted by molar-refractivity contribution is 0.295. The molecule has 2 rings (SSSR count). The zero-order valence-corrected chi connectivity index (χ0v) is 11.7. The van der Waals surface area contributed by atoms with Crippen LogP contribution in [0.2, 0.25) is 0 Å². The molecule has 0 spiro atoms. The highest BCUT2D eigenvalue weighted by atomic mass is 16.5. The van der Waals surface area contributed by atoms with E-state index >= 15 is 0 Å². The van der Waals surface area contributed by atoms with E-state index in [4.69, 9.17) is 14.7 Å². The van der Waals surface area contributed by atoms with E-state index in [1.807, 2.05) is 19.3 Å². The maximum absolute atomic E-state index is 8.91. The first-order valence-electron chi connectivity index (χ1n) is 6.12. The van der Waals surface area contributed by atoms with Crippen molar-refractivity contribution < 1.29 is 14.7 Å². The van der Waals surface area contributed by atoms with Gasteiger partial charge in [-0.2, -0.15) is 5.10 Å². The SMILES string of the molecule is COc1ccc(/C(C)=N/O)c(OCc2ccn(C)n2)c1. The Hall–Kier alpha value is -2.50. The highest BCUT2D eigenvalue weighted by molar-refractivity contribution is 6.00. The maximum atomic E-state index is 8.91. The lowest BCUT2D eigenvalue weighted by atomic mass is 10.1. The van der Waals surface area contributed by atoms with Gasteiger partial charge >= 0.3 is 0 Å². The van der Waals surface area contributed by atoms with Crippen molar-refractivity contribution in [3.05, 3.63) is 41.7 Å². The van der Waals surface area contributed by atoms with Crippen molar-refractivity contribution in [1.29, 1.82) is 0 Å². The van der Waals surface area contributed by atoms with Crippen LogP contribution in [0.25, 0.3) is 0 Å². The molecule has 1 aromatic heterocycles. The van der Waals surface area contributed by atoms with E-state index in [0.717, 1.165) is 5.69 Å². The molecule has 0 atom stereocenters. The average molecular weight is 275 g/mol. The van der Waals surface area contributed by atoms with Crippen molar-refractivity contribution in [1.82, 2.24) is 9.78 Å². The Morgan fingerprint density at radius 1 is 1.40 bits per heavy atom. The molecular weight excluding hydrogens is 258 g/mol. The molecule has 0 aliphatic carbocycles. The topological polar surface area (TPSA) is 68.9 Å². The van der Waals surface area contributed by atoms with Gasteiger partial charge < -0.3 is 14.7 Å². The fourth-order valence-corrected chi connectivity index (χ4v) is 1.79. The minimum Gasteiger partial charge on any atom is -0.497 e. The van der Waals surface area contributed by atoms with Crippen LogP contribution >= 0.6 is 0 Å². The van der Waals surface area contributed by atoms with Crippen LogP contribution in [0.15, 0.2) is 35.6 Å². The van der Waals surface area contributed by atoms with Crippen molar-refractivity contribution >= 4 is 5.71 Å². The van der Waals surface area contributed by atoms with Crippen molar-refractivity contribution in [2.24, 2.45) is 12.2 Å². The predicted octanol–water partition coefficient (Wildman–Crippen LogP) is 2.21. The Morgan fingerprint density at radius 3 is 2.80 bits per heavy atom. The number of oxime groups is 1. The summed E-state index contributed by atoms with van der Waals surface area (Å²) in [4.78, 5) is 0. The molecule has 0 bridgehead atoms. The minimum atomic E-state index is 0.333. The molecule has 0 aliphatic heterocycles. The van der Waals surface area contributed by atoms with Crippen molar-refractivity contribution in [3.8, 4) is 11.5 Å². The Kier molecular flexibility index (Phi) is 4.24. The van der Waals surface area contributed by atoms with Gasteiger partial charge in [0.05, 0.1) is 18.5 Å². The van der Waals surface area contributed by atoms with E-state index < -0.39 is 0 Å². The Bertz CT molecular complexity index is 620. The van der Waals surface area contributed by atoms with Gasteiger partial charge in [-0.05, 0) is 25.1 Å². The smallest absolute Gasteiger partial charge is 0.132 e. The molecule has 6 heteroatoms. The van der Waals surface area contributed by atoms with Gasteiger partial charge in [-0.15, -0.1) is 0 Å². The predicted molar refractivity (Wildman–Crippen MR) is 74.5 cm³/mol. The van der Waals surface area contributed by atoms with Crippen LogP contribution in [0.3, 0.4) is 0 Å². The number of rotatable bonds is 5. The Morgan fingerprint density at radius 2 is 2.20 bits per heavy atom. The van der Waals surface area contributed by atoms with Crippen molar-refractivity contribution in [2.45, 2.75) is 13.5 Å². The second kappa shape index (κ2) is 6.10. The molecule has 1 aromatic carbocycles. The first-order valence-corrected chi connectivity index (χ1v) is 6.12. The molecule has 0 aliphatic rings. The van der Waals surface area contributed by atoms with Crippen molar-refractivity contribution in [3.63, 3.8) is 0 Å². The molecule has 20 heavy (non-hydrogen) atoms. The highest BCUT2D eigenvalue weighted by Gasteiger charge is 2.10. The Labute approximate surface area is 117 Å². The van der Waals surface area contributed by atoms with Crippen molar-refractivity contribution in [2.75, 3.05) is 7.11 Å². The van der Waals surface area contributed by atoms with Crippen LogP contribution < -0.4 is 9.47 Å². The number of aromatic nitrogens is 2. The number of nitrogens with zero attached hydrogens (tertiary/aromatic N) is 3. The van der Waals surface area contributed by atoms with E-state index in [9.17, 15) is 0 Å². The average Bonchev–Trinajstić information content (AvgIpc) is 2.89. The molecule has 1 heterocycles. The molecule has 0 fully saturated rings. The van der Waals surface area contributed by atoms with E-state index in [1.54, 1.807) is 36.9 Å². The molecule has 0 saturated heterocycles. The van der Waals surface area contributed by atoms with Gasteiger partial charge in [-0.1, -0.05) is 5.16 Å². The molecule has 0 unspecified atom stereocenters. The van der Waals surface area contributed by atoms with Crippen LogP contribution in [-0.4, -0.2) is 27.8 Å². The quantitative estimate of drug-likeness (QED) is 0.516. The highest BCUT2D eigenvalue weighted by Crippen LogP contribution is 2.26. The van der Waals surface area contributed by atoms with E-state index in [2.05, 4.69) is 10.3 Å². The molecular formula is C14H17N3O3. The minimum absolute atomic E-state index is 0.333. The molecule has 6 nitrogen and oxygen atoms in total. The monoisotopic (exact) mass is 275 g/mol. The van der Waals surface area contributed by atoms with Gasteiger partial charge in [-0.25, -0.2) is 0 Å². The third-order valence-corrected chi connectivity index (χ3v) is 2.87.